The van der Waals surface area contributed by atoms with Gasteiger partial charge in [-0.2, -0.15) is 0 Å². The van der Waals surface area contributed by atoms with Crippen molar-refractivity contribution in [3.05, 3.63) is 35.4 Å². The van der Waals surface area contributed by atoms with Gasteiger partial charge in [-0.25, -0.2) is 8.78 Å². The maximum Gasteiger partial charge on any atom is 0.225 e. The second kappa shape index (κ2) is 6.61. The molecule has 19 heavy (non-hydrogen) atoms. The zero-order valence-electron chi connectivity index (χ0n) is 11.4. The zero-order chi connectivity index (χ0) is 14.6. The SMILES string of the molecule is CC(NC(=O)C(CN)C(C)C)c1c(F)cccc1F. The summed E-state index contributed by atoms with van der Waals surface area (Å²) in [5, 5.41) is 2.61. The van der Waals surface area contributed by atoms with Gasteiger partial charge in [-0.3, -0.25) is 4.79 Å². The van der Waals surface area contributed by atoms with Crippen LogP contribution >= 0.6 is 0 Å². The summed E-state index contributed by atoms with van der Waals surface area (Å²) >= 11 is 0. The first-order chi connectivity index (χ1) is 8.88. The maximum atomic E-state index is 13.6. The predicted octanol–water partition coefficient (Wildman–Crippen LogP) is 2.37. The number of carbonyl (C=O) groups is 1. The van der Waals surface area contributed by atoms with Gasteiger partial charge in [0.15, 0.2) is 0 Å². The third-order valence-corrected chi connectivity index (χ3v) is 3.19. The number of rotatable bonds is 5. The van der Waals surface area contributed by atoms with Crippen molar-refractivity contribution >= 4 is 5.91 Å². The van der Waals surface area contributed by atoms with E-state index in [4.69, 9.17) is 5.73 Å². The highest BCUT2D eigenvalue weighted by molar-refractivity contribution is 5.79. The van der Waals surface area contributed by atoms with Gasteiger partial charge in [-0.1, -0.05) is 19.9 Å². The molecule has 0 aromatic heterocycles. The van der Waals surface area contributed by atoms with E-state index in [2.05, 4.69) is 5.32 Å². The highest BCUT2D eigenvalue weighted by Crippen LogP contribution is 2.21. The molecule has 1 aromatic carbocycles. The number of hydrogen-bond donors (Lipinski definition) is 2. The molecular formula is C14H20F2N2O. The molecule has 0 aliphatic heterocycles. The molecule has 1 aromatic rings. The lowest BCUT2D eigenvalue weighted by atomic mass is 9.94. The molecule has 5 heteroatoms. The van der Waals surface area contributed by atoms with Crippen molar-refractivity contribution in [2.45, 2.75) is 26.8 Å². The first-order valence-electron chi connectivity index (χ1n) is 6.32. The Morgan fingerprint density at radius 2 is 1.79 bits per heavy atom. The van der Waals surface area contributed by atoms with Gasteiger partial charge in [-0.05, 0) is 25.0 Å². The summed E-state index contributed by atoms with van der Waals surface area (Å²) in [6, 6.07) is 2.90. The zero-order valence-corrected chi connectivity index (χ0v) is 11.4. The fourth-order valence-corrected chi connectivity index (χ4v) is 2.00. The van der Waals surface area contributed by atoms with Crippen LogP contribution in [0.25, 0.3) is 0 Å². The highest BCUT2D eigenvalue weighted by atomic mass is 19.1. The van der Waals surface area contributed by atoms with E-state index in [0.717, 1.165) is 0 Å². The number of benzene rings is 1. The molecule has 0 heterocycles. The van der Waals surface area contributed by atoms with Crippen molar-refractivity contribution in [3.8, 4) is 0 Å². The summed E-state index contributed by atoms with van der Waals surface area (Å²) in [6.07, 6.45) is 0. The molecule has 2 atom stereocenters. The molecule has 0 fully saturated rings. The normalized spacial score (nSPS) is 14.3. The molecule has 106 valence electrons. The Kier molecular flexibility index (Phi) is 5.42. The van der Waals surface area contributed by atoms with Crippen LogP contribution in [0.1, 0.15) is 32.4 Å². The largest absolute Gasteiger partial charge is 0.349 e. The van der Waals surface area contributed by atoms with Crippen molar-refractivity contribution in [3.63, 3.8) is 0 Å². The maximum absolute atomic E-state index is 13.6. The first kappa shape index (κ1) is 15.6. The Bertz CT molecular complexity index is 429. The molecule has 1 rings (SSSR count). The van der Waals surface area contributed by atoms with Crippen molar-refractivity contribution in [2.75, 3.05) is 6.54 Å². The summed E-state index contributed by atoms with van der Waals surface area (Å²) in [7, 11) is 0. The molecule has 0 saturated carbocycles. The van der Waals surface area contributed by atoms with Crippen LogP contribution in [0.3, 0.4) is 0 Å². The average molecular weight is 270 g/mol. The molecule has 0 radical (unpaired) electrons. The Labute approximate surface area is 112 Å². The van der Waals surface area contributed by atoms with Crippen LogP contribution in [-0.2, 0) is 4.79 Å². The lowest BCUT2D eigenvalue weighted by molar-refractivity contribution is -0.126. The number of amides is 1. The second-order valence-corrected chi connectivity index (χ2v) is 4.95. The number of hydrogen-bond acceptors (Lipinski definition) is 2. The van der Waals surface area contributed by atoms with Gasteiger partial charge in [0.25, 0.3) is 0 Å². The van der Waals surface area contributed by atoms with Gasteiger partial charge in [0, 0.05) is 12.1 Å². The number of nitrogens with one attached hydrogen (secondary N) is 1. The van der Waals surface area contributed by atoms with E-state index in [1.807, 2.05) is 13.8 Å². The molecule has 0 aliphatic rings. The van der Waals surface area contributed by atoms with E-state index in [1.54, 1.807) is 6.92 Å². The molecular weight excluding hydrogens is 250 g/mol. The van der Waals surface area contributed by atoms with Crippen LogP contribution in [0.15, 0.2) is 18.2 Å². The molecule has 1 amide bonds. The van der Waals surface area contributed by atoms with Crippen LogP contribution in [0.2, 0.25) is 0 Å². The topological polar surface area (TPSA) is 55.1 Å². The van der Waals surface area contributed by atoms with Crippen molar-refractivity contribution in [1.29, 1.82) is 0 Å². The van der Waals surface area contributed by atoms with Crippen LogP contribution in [0.5, 0.6) is 0 Å². The highest BCUT2D eigenvalue weighted by Gasteiger charge is 2.24. The summed E-state index contributed by atoms with van der Waals surface area (Å²) < 4.78 is 27.2. The minimum absolute atomic E-state index is 0.0719. The smallest absolute Gasteiger partial charge is 0.225 e. The summed E-state index contributed by atoms with van der Waals surface area (Å²) in [4.78, 5) is 12.0. The number of carbonyl (C=O) groups excluding carboxylic acids is 1. The van der Waals surface area contributed by atoms with Crippen molar-refractivity contribution < 1.29 is 13.6 Å². The third kappa shape index (κ3) is 3.73. The Morgan fingerprint density at radius 3 is 2.21 bits per heavy atom. The Balaban J connectivity index is 2.85. The van der Waals surface area contributed by atoms with E-state index < -0.39 is 17.7 Å². The number of halogens is 2. The number of nitrogens with two attached hydrogens (primary N) is 1. The monoisotopic (exact) mass is 270 g/mol. The van der Waals surface area contributed by atoms with Gasteiger partial charge in [-0.15, -0.1) is 0 Å². The van der Waals surface area contributed by atoms with E-state index in [1.165, 1.54) is 18.2 Å². The van der Waals surface area contributed by atoms with Gasteiger partial charge in [0.05, 0.1) is 12.0 Å². The van der Waals surface area contributed by atoms with Crippen LogP contribution in [0.4, 0.5) is 8.78 Å². The molecule has 2 unspecified atom stereocenters. The summed E-state index contributed by atoms with van der Waals surface area (Å²) in [5.74, 6) is -1.91. The Hall–Kier alpha value is -1.49. The van der Waals surface area contributed by atoms with Crippen molar-refractivity contribution in [2.24, 2.45) is 17.6 Å². The predicted molar refractivity (Wildman–Crippen MR) is 70.3 cm³/mol. The first-order valence-corrected chi connectivity index (χ1v) is 6.32. The van der Waals surface area contributed by atoms with Gasteiger partial charge >= 0.3 is 0 Å². The lowest BCUT2D eigenvalue weighted by Gasteiger charge is -2.22. The van der Waals surface area contributed by atoms with E-state index in [0.29, 0.717) is 0 Å². The summed E-state index contributed by atoms with van der Waals surface area (Å²) in [6.45, 7) is 5.51. The van der Waals surface area contributed by atoms with Crippen LogP contribution < -0.4 is 11.1 Å². The van der Waals surface area contributed by atoms with E-state index >= 15 is 0 Å². The molecule has 0 bridgehead atoms. The fraction of sp³-hybridized carbons (Fsp3) is 0.500. The van der Waals surface area contributed by atoms with Gasteiger partial charge in [0.1, 0.15) is 11.6 Å². The standard InChI is InChI=1S/C14H20F2N2O/c1-8(2)10(7-17)14(19)18-9(3)13-11(15)5-4-6-12(13)16/h4-6,8-10H,7,17H2,1-3H3,(H,18,19). The minimum atomic E-state index is -0.735. The summed E-state index contributed by atoms with van der Waals surface area (Å²) in [5.41, 5.74) is 5.41. The van der Waals surface area contributed by atoms with Gasteiger partial charge in [0.2, 0.25) is 5.91 Å². The van der Waals surface area contributed by atoms with E-state index in [9.17, 15) is 13.6 Å². The molecule has 3 nitrogen and oxygen atoms in total. The molecule has 3 N–H and O–H groups in total. The quantitative estimate of drug-likeness (QED) is 0.863. The average Bonchev–Trinajstić information content (AvgIpc) is 2.28. The minimum Gasteiger partial charge on any atom is -0.349 e. The van der Waals surface area contributed by atoms with Crippen LogP contribution in [-0.4, -0.2) is 12.5 Å². The molecule has 0 spiro atoms. The van der Waals surface area contributed by atoms with Crippen molar-refractivity contribution in [1.82, 2.24) is 5.32 Å². The molecule has 0 saturated heterocycles. The molecule has 0 aliphatic carbocycles. The van der Waals surface area contributed by atoms with E-state index in [-0.39, 0.29) is 29.9 Å². The van der Waals surface area contributed by atoms with Gasteiger partial charge < -0.3 is 11.1 Å². The Morgan fingerprint density at radius 1 is 1.26 bits per heavy atom. The second-order valence-electron chi connectivity index (χ2n) is 4.95. The third-order valence-electron chi connectivity index (χ3n) is 3.19. The lowest BCUT2D eigenvalue weighted by Crippen LogP contribution is -2.39. The fourth-order valence-electron chi connectivity index (χ4n) is 2.00. The van der Waals surface area contributed by atoms with Crippen LogP contribution in [0, 0.1) is 23.5 Å².